The Kier molecular flexibility index (Phi) is 5.69. The fourth-order valence-corrected chi connectivity index (χ4v) is 2.02. The first-order chi connectivity index (χ1) is 10.2. The number of para-hydroxylation sites is 1. The summed E-state index contributed by atoms with van der Waals surface area (Å²) in [6.45, 7) is 3.18. The number of hydrogen-bond donors (Lipinski definition) is 1. The molecule has 4 heteroatoms. The first kappa shape index (κ1) is 15.4. The highest BCUT2D eigenvalue weighted by Gasteiger charge is 2.14. The summed E-state index contributed by atoms with van der Waals surface area (Å²) in [4.78, 5) is 0. The minimum absolute atomic E-state index is 0.180. The summed E-state index contributed by atoms with van der Waals surface area (Å²) >= 11 is 0. The van der Waals surface area contributed by atoms with Crippen LogP contribution in [0.25, 0.3) is 0 Å². The Morgan fingerprint density at radius 3 is 2.48 bits per heavy atom. The third-order valence-electron chi connectivity index (χ3n) is 3.15. The van der Waals surface area contributed by atoms with Crippen molar-refractivity contribution in [2.24, 2.45) is 0 Å². The SMILES string of the molecule is CCCNC(COc1ccccc1)c1ccc(F)c(F)c1. The Hall–Kier alpha value is -1.94. The minimum Gasteiger partial charge on any atom is -0.492 e. The van der Waals surface area contributed by atoms with E-state index in [1.54, 1.807) is 6.07 Å². The lowest BCUT2D eigenvalue weighted by atomic mass is 10.1. The maximum absolute atomic E-state index is 13.4. The van der Waals surface area contributed by atoms with Crippen molar-refractivity contribution >= 4 is 0 Å². The zero-order valence-corrected chi connectivity index (χ0v) is 12.0. The van der Waals surface area contributed by atoms with Gasteiger partial charge in [0, 0.05) is 0 Å². The summed E-state index contributed by atoms with van der Waals surface area (Å²) < 4.78 is 32.1. The van der Waals surface area contributed by atoms with Crippen LogP contribution in [0.3, 0.4) is 0 Å². The molecule has 0 saturated carbocycles. The second-order valence-corrected chi connectivity index (χ2v) is 4.80. The van der Waals surface area contributed by atoms with Gasteiger partial charge >= 0.3 is 0 Å². The molecule has 0 heterocycles. The van der Waals surface area contributed by atoms with Crippen LogP contribution in [0.15, 0.2) is 48.5 Å². The summed E-state index contributed by atoms with van der Waals surface area (Å²) in [5, 5.41) is 3.29. The highest BCUT2D eigenvalue weighted by atomic mass is 19.2. The summed E-state index contributed by atoms with van der Waals surface area (Å²) in [6.07, 6.45) is 0.950. The van der Waals surface area contributed by atoms with Gasteiger partial charge in [-0.05, 0) is 42.8 Å². The van der Waals surface area contributed by atoms with E-state index < -0.39 is 11.6 Å². The zero-order valence-electron chi connectivity index (χ0n) is 12.0. The topological polar surface area (TPSA) is 21.3 Å². The standard InChI is InChI=1S/C17H19F2NO/c1-2-10-20-17(12-21-14-6-4-3-5-7-14)13-8-9-15(18)16(19)11-13/h3-9,11,17,20H,2,10,12H2,1H3. The molecule has 21 heavy (non-hydrogen) atoms. The number of hydrogen-bond acceptors (Lipinski definition) is 2. The zero-order chi connectivity index (χ0) is 15.1. The van der Waals surface area contributed by atoms with E-state index in [4.69, 9.17) is 4.74 Å². The van der Waals surface area contributed by atoms with Gasteiger partial charge in [0.2, 0.25) is 0 Å². The van der Waals surface area contributed by atoms with Crippen LogP contribution in [-0.4, -0.2) is 13.2 Å². The van der Waals surface area contributed by atoms with E-state index in [-0.39, 0.29) is 6.04 Å². The van der Waals surface area contributed by atoms with Crippen molar-refractivity contribution in [1.29, 1.82) is 0 Å². The molecule has 1 unspecified atom stereocenters. The monoisotopic (exact) mass is 291 g/mol. The first-order valence-electron chi connectivity index (χ1n) is 7.07. The predicted octanol–water partition coefficient (Wildman–Crippen LogP) is 4.08. The number of nitrogens with one attached hydrogen (secondary N) is 1. The van der Waals surface area contributed by atoms with Gasteiger partial charge in [-0.2, -0.15) is 0 Å². The van der Waals surface area contributed by atoms with Crippen LogP contribution in [-0.2, 0) is 0 Å². The summed E-state index contributed by atoms with van der Waals surface area (Å²) in [5.74, 6) is -0.920. The van der Waals surface area contributed by atoms with Crippen LogP contribution in [0, 0.1) is 11.6 Å². The molecule has 1 N–H and O–H groups in total. The normalized spacial score (nSPS) is 12.1. The molecular weight excluding hydrogens is 272 g/mol. The van der Waals surface area contributed by atoms with Crippen LogP contribution in [0.5, 0.6) is 5.75 Å². The van der Waals surface area contributed by atoms with Gasteiger partial charge < -0.3 is 10.1 Å². The third kappa shape index (κ3) is 4.53. The maximum Gasteiger partial charge on any atom is 0.159 e. The van der Waals surface area contributed by atoms with E-state index in [1.807, 2.05) is 37.3 Å². The summed E-state index contributed by atoms with van der Waals surface area (Å²) in [5.41, 5.74) is 0.679. The Balaban J connectivity index is 2.08. The lowest BCUT2D eigenvalue weighted by Gasteiger charge is -2.20. The first-order valence-corrected chi connectivity index (χ1v) is 7.07. The van der Waals surface area contributed by atoms with Gasteiger partial charge in [0.15, 0.2) is 11.6 Å². The van der Waals surface area contributed by atoms with Gasteiger partial charge in [0.05, 0.1) is 6.04 Å². The molecule has 0 amide bonds. The van der Waals surface area contributed by atoms with Crippen LogP contribution in [0.4, 0.5) is 8.78 Å². The third-order valence-corrected chi connectivity index (χ3v) is 3.15. The molecule has 0 saturated heterocycles. The fourth-order valence-electron chi connectivity index (χ4n) is 2.02. The van der Waals surface area contributed by atoms with Crippen molar-refractivity contribution in [3.8, 4) is 5.75 Å². The van der Waals surface area contributed by atoms with Crippen molar-refractivity contribution < 1.29 is 13.5 Å². The smallest absolute Gasteiger partial charge is 0.159 e. The average molecular weight is 291 g/mol. The second kappa shape index (κ2) is 7.74. The van der Waals surface area contributed by atoms with Crippen molar-refractivity contribution in [3.63, 3.8) is 0 Å². The Bertz CT molecular complexity index is 560. The number of ether oxygens (including phenoxy) is 1. The van der Waals surface area contributed by atoms with Crippen molar-refractivity contribution in [2.75, 3.05) is 13.2 Å². The number of rotatable bonds is 7. The molecule has 0 radical (unpaired) electrons. The van der Waals surface area contributed by atoms with E-state index in [1.165, 1.54) is 6.07 Å². The van der Waals surface area contributed by atoms with Crippen LogP contribution in [0.1, 0.15) is 24.9 Å². The largest absolute Gasteiger partial charge is 0.492 e. The molecule has 0 aromatic heterocycles. The van der Waals surface area contributed by atoms with Crippen molar-refractivity contribution in [2.45, 2.75) is 19.4 Å². The van der Waals surface area contributed by atoms with E-state index in [9.17, 15) is 8.78 Å². The molecular formula is C17H19F2NO. The molecule has 2 aromatic carbocycles. The molecule has 112 valence electrons. The van der Waals surface area contributed by atoms with Gasteiger partial charge in [0.1, 0.15) is 12.4 Å². The Morgan fingerprint density at radius 2 is 1.81 bits per heavy atom. The molecule has 0 aliphatic carbocycles. The lowest BCUT2D eigenvalue weighted by molar-refractivity contribution is 0.266. The molecule has 2 rings (SSSR count). The molecule has 0 spiro atoms. The van der Waals surface area contributed by atoms with Gasteiger partial charge in [0.25, 0.3) is 0 Å². The van der Waals surface area contributed by atoms with E-state index >= 15 is 0 Å². The summed E-state index contributed by atoms with van der Waals surface area (Å²) in [6, 6.07) is 13.2. The fraction of sp³-hybridized carbons (Fsp3) is 0.294. The van der Waals surface area contributed by atoms with Crippen LogP contribution >= 0.6 is 0 Å². The number of benzene rings is 2. The van der Waals surface area contributed by atoms with Gasteiger partial charge in [-0.25, -0.2) is 8.78 Å². The molecule has 0 aliphatic rings. The predicted molar refractivity (Wildman–Crippen MR) is 79.3 cm³/mol. The van der Waals surface area contributed by atoms with E-state index in [0.29, 0.717) is 12.2 Å². The van der Waals surface area contributed by atoms with Crippen molar-refractivity contribution in [1.82, 2.24) is 5.32 Å². The molecule has 0 fully saturated rings. The quantitative estimate of drug-likeness (QED) is 0.830. The highest BCUT2D eigenvalue weighted by molar-refractivity contribution is 5.23. The minimum atomic E-state index is -0.837. The number of halogens is 2. The average Bonchev–Trinajstić information content (AvgIpc) is 2.51. The van der Waals surface area contributed by atoms with E-state index in [2.05, 4.69) is 5.32 Å². The molecule has 2 nitrogen and oxygen atoms in total. The van der Waals surface area contributed by atoms with Crippen LogP contribution in [0.2, 0.25) is 0 Å². The van der Waals surface area contributed by atoms with Gasteiger partial charge in [-0.15, -0.1) is 0 Å². The van der Waals surface area contributed by atoms with E-state index in [0.717, 1.165) is 24.8 Å². The molecule has 1 atom stereocenters. The maximum atomic E-state index is 13.4. The van der Waals surface area contributed by atoms with Crippen molar-refractivity contribution in [3.05, 3.63) is 65.7 Å². The van der Waals surface area contributed by atoms with Crippen LogP contribution < -0.4 is 10.1 Å². The van der Waals surface area contributed by atoms with Gasteiger partial charge in [-0.3, -0.25) is 0 Å². The summed E-state index contributed by atoms with van der Waals surface area (Å²) in [7, 11) is 0. The highest BCUT2D eigenvalue weighted by Crippen LogP contribution is 2.18. The Labute approximate surface area is 123 Å². The Morgan fingerprint density at radius 1 is 1.05 bits per heavy atom. The molecule has 0 aliphatic heterocycles. The lowest BCUT2D eigenvalue weighted by Crippen LogP contribution is -2.27. The molecule has 2 aromatic rings. The molecule has 0 bridgehead atoms. The second-order valence-electron chi connectivity index (χ2n) is 4.80. The van der Waals surface area contributed by atoms with Gasteiger partial charge in [-0.1, -0.05) is 31.2 Å².